The number of rotatable bonds is 6. The summed E-state index contributed by atoms with van der Waals surface area (Å²) in [6, 6.07) is -0.302. The van der Waals surface area contributed by atoms with Crippen LogP contribution in [0.2, 0.25) is 0 Å². The SMILES string of the molecule is COC(=O)CN(C(=O)CNCC(F)(F)F)C(C)C. The van der Waals surface area contributed by atoms with Crippen molar-refractivity contribution in [2.45, 2.75) is 26.1 Å². The van der Waals surface area contributed by atoms with Gasteiger partial charge in [0.2, 0.25) is 5.91 Å². The molecular weight excluding hydrogens is 253 g/mol. The van der Waals surface area contributed by atoms with Crippen LogP contribution in [0.25, 0.3) is 0 Å². The molecule has 0 unspecified atom stereocenters. The molecule has 0 aliphatic carbocycles. The summed E-state index contributed by atoms with van der Waals surface area (Å²) in [7, 11) is 1.17. The van der Waals surface area contributed by atoms with Gasteiger partial charge in [0.1, 0.15) is 6.54 Å². The van der Waals surface area contributed by atoms with E-state index in [1.165, 1.54) is 7.11 Å². The Balaban J connectivity index is 4.28. The van der Waals surface area contributed by atoms with Crippen LogP contribution in [0.4, 0.5) is 13.2 Å². The summed E-state index contributed by atoms with van der Waals surface area (Å²) >= 11 is 0. The first kappa shape index (κ1) is 16.7. The number of carbonyl (C=O) groups excluding carboxylic acids is 2. The van der Waals surface area contributed by atoms with E-state index in [-0.39, 0.29) is 12.6 Å². The molecule has 0 aromatic carbocycles. The minimum Gasteiger partial charge on any atom is -0.468 e. The van der Waals surface area contributed by atoms with Gasteiger partial charge in [0.25, 0.3) is 0 Å². The maximum Gasteiger partial charge on any atom is 0.401 e. The molecule has 8 heteroatoms. The van der Waals surface area contributed by atoms with Crippen molar-refractivity contribution in [1.82, 2.24) is 10.2 Å². The molecule has 0 saturated heterocycles. The van der Waals surface area contributed by atoms with Crippen molar-refractivity contribution < 1.29 is 27.5 Å². The van der Waals surface area contributed by atoms with Crippen LogP contribution in [0.5, 0.6) is 0 Å². The maximum absolute atomic E-state index is 11.9. The van der Waals surface area contributed by atoms with E-state index in [0.717, 1.165) is 4.90 Å². The first-order valence-electron chi connectivity index (χ1n) is 5.31. The number of ether oxygens (including phenoxy) is 1. The van der Waals surface area contributed by atoms with Gasteiger partial charge in [-0.2, -0.15) is 13.2 Å². The molecule has 0 spiro atoms. The number of carbonyl (C=O) groups is 2. The highest BCUT2D eigenvalue weighted by Crippen LogP contribution is 2.12. The lowest BCUT2D eigenvalue weighted by Crippen LogP contribution is -2.46. The highest BCUT2D eigenvalue weighted by Gasteiger charge is 2.27. The third kappa shape index (κ3) is 7.10. The number of alkyl halides is 3. The lowest BCUT2D eigenvalue weighted by atomic mass is 10.3. The van der Waals surface area contributed by atoms with Gasteiger partial charge in [0.15, 0.2) is 0 Å². The van der Waals surface area contributed by atoms with Crippen LogP contribution < -0.4 is 5.32 Å². The molecule has 0 aliphatic heterocycles. The Morgan fingerprint density at radius 3 is 2.28 bits per heavy atom. The van der Waals surface area contributed by atoms with E-state index in [1.807, 2.05) is 5.32 Å². The predicted octanol–water partition coefficient (Wildman–Crippen LogP) is 0.548. The number of nitrogens with one attached hydrogen (secondary N) is 1. The molecule has 0 heterocycles. The molecule has 0 aliphatic rings. The maximum atomic E-state index is 11.9. The van der Waals surface area contributed by atoms with Crippen molar-refractivity contribution >= 4 is 11.9 Å². The Hall–Kier alpha value is -1.31. The van der Waals surface area contributed by atoms with Crippen molar-refractivity contribution in [3.8, 4) is 0 Å². The summed E-state index contributed by atoms with van der Waals surface area (Å²) in [5.74, 6) is -1.20. The number of hydrogen-bond acceptors (Lipinski definition) is 4. The van der Waals surface area contributed by atoms with Gasteiger partial charge in [-0.1, -0.05) is 0 Å². The lowest BCUT2D eigenvalue weighted by molar-refractivity contribution is -0.148. The molecule has 0 saturated carbocycles. The molecule has 0 aromatic rings. The van der Waals surface area contributed by atoms with E-state index in [2.05, 4.69) is 4.74 Å². The average Bonchev–Trinajstić information content (AvgIpc) is 2.22. The Kier molecular flexibility index (Phi) is 6.67. The molecule has 0 aromatic heterocycles. The number of nitrogens with zero attached hydrogens (tertiary/aromatic N) is 1. The molecule has 1 amide bonds. The van der Waals surface area contributed by atoms with Crippen LogP contribution in [0.1, 0.15) is 13.8 Å². The van der Waals surface area contributed by atoms with Crippen molar-refractivity contribution in [2.24, 2.45) is 0 Å². The second-order valence-electron chi connectivity index (χ2n) is 3.91. The van der Waals surface area contributed by atoms with Crippen molar-refractivity contribution in [3.05, 3.63) is 0 Å². The first-order chi connectivity index (χ1) is 8.17. The number of methoxy groups -OCH3 is 1. The zero-order chi connectivity index (χ0) is 14.3. The Labute approximate surface area is 103 Å². The molecule has 106 valence electrons. The molecule has 18 heavy (non-hydrogen) atoms. The van der Waals surface area contributed by atoms with E-state index in [0.29, 0.717) is 0 Å². The van der Waals surface area contributed by atoms with Crippen molar-refractivity contribution in [1.29, 1.82) is 0 Å². The molecule has 5 nitrogen and oxygen atoms in total. The highest BCUT2D eigenvalue weighted by molar-refractivity contribution is 5.83. The highest BCUT2D eigenvalue weighted by atomic mass is 19.4. The summed E-state index contributed by atoms with van der Waals surface area (Å²) in [5.41, 5.74) is 0. The third-order valence-electron chi connectivity index (χ3n) is 2.07. The molecule has 0 fully saturated rings. The Morgan fingerprint density at radius 2 is 1.89 bits per heavy atom. The van der Waals surface area contributed by atoms with Gasteiger partial charge in [-0.15, -0.1) is 0 Å². The second-order valence-corrected chi connectivity index (χ2v) is 3.91. The van der Waals surface area contributed by atoms with Gasteiger partial charge in [-0.25, -0.2) is 0 Å². The summed E-state index contributed by atoms with van der Waals surface area (Å²) in [6.07, 6.45) is -4.37. The lowest BCUT2D eigenvalue weighted by Gasteiger charge is -2.25. The fourth-order valence-corrected chi connectivity index (χ4v) is 1.18. The van der Waals surface area contributed by atoms with Crippen LogP contribution in [-0.4, -0.2) is 55.7 Å². The molecule has 1 N–H and O–H groups in total. The van der Waals surface area contributed by atoms with Gasteiger partial charge in [0.05, 0.1) is 20.2 Å². The van der Waals surface area contributed by atoms with E-state index in [4.69, 9.17) is 0 Å². The van der Waals surface area contributed by atoms with Crippen LogP contribution in [-0.2, 0) is 14.3 Å². The normalized spacial score (nSPS) is 11.5. The zero-order valence-corrected chi connectivity index (χ0v) is 10.5. The summed E-state index contributed by atoms with van der Waals surface area (Å²) in [4.78, 5) is 23.8. The minimum atomic E-state index is -4.37. The van der Waals surface area contributed by atoms with Gasteiger partial charge < -0.3 is 15.0 Å². The number of esters is 1. The first-order valence-corrected chi connectivity index (χ1v) is 5.31. The summed E-state index contributed by atoms with van der Waals surface area (Å²) < 4.78 is 40.0. The fourth-order valence-electron chi connectivity index (χ4n) is 1.18. The number of halogens is 3. The van der Waals surface area contributed by atoms with Crippen LogP contribution in [0, 0.1) is 0 Å². The van der Waals surface area contributed by atoms with E-state index < -0.39 is 31.1 Å². The molecule has 0 bridgehead atoms. The van der Waals surface area contributed by atoms with Gasteiger partial charge >= 0.3 is 12.1 Å². The minimum absolute atomic E-state index is 0.277. The third-order valence-corrected chi connectivity index (χ3v) is 2.07. The van der Waals surface area contributed by atoms with Crippen molar-refractivity contribution in [2.75, 3.05) is 26.7 Å². The van der Waals surface area contributed by atoms with Crippen molar-refractivity contribution in [3.63, 3.8) is 0 Å². The second kappa shape index (κ2) is 7.20. The topological polar surface area (TPSA) is 58.6 Å². The Morgan fingerprint density at radius 1 is 1.33 bits per heavy atom. The van der Waals surface area contributed by atoms with Crippen LogP contribution >= 0.6 is 0 Å². The van der Waals surface area contributed by atoms with Gasteiger partial charge in [0, 0.05) is 6.04 Å². The van der Waals surface area contributed by atoms with Gasteiger partial charge in [-0.3, -0.25) is 9.59 Å². The molecular formula is C10H17F3N2O3. The van der Waals surface area contributed by atoms with E-state index in [9.17, 15) is 22.8 Å². The van der Waals surface area contributed by atoms with Crippen LogP contribution in [0.3, 0.4) is 0 Å². The molecule has 0 radical (unpaired) electrons. The van der Waals surface area contributed by atoms with E-state index >= 15 is 0 Å². The van der Waals surface area contributed by atoms with Gasteiger partial charge in [-0.05, 0) is 13.8 Å². The van der Waals surface area contributed by atoms with E-state index in [1.54, 1.807) is 13.8 Å². The summed E-state index contributed by atoms with van der Waals surface area (Å²) in [5, 5.41) is 1.98. The Bertz CT molecular complexity index is 293. The monoisotopic (exact) mass is 270 g/mol. The number of hydrogen-bond donors (Lipinski definition) is 1. The molecule has 0 atom stereocenters. The van der Waals surface area contributed by atoms with Crippen LogP contribution in [0.15, 0.2) is 0 Å². The summed E-state index contributed by atoms with van der Waals surface area (Å²) in [6.45, 7) is 1.31. The smallest absolute Gasteiger partial charge is 0.401 e. The standard InChI is InChI=1S/C10H17F3N2O3/c1-7(2)15(5-9(17)18-3)8(16)4-14-6-10(11,12)13/h7,14H,4-6H2,1-3H3. The quantitative estimate of drug-likeness (QED) is 0.716. The molecule has 0 rings (SSSR count). The number of amides is 1. The predicted molar refractivity (Wildman–Crippen MR) is 57.8 cm³/mol. The average molecular weight is 270 g/mol. The zero-order valence-electron chi connectivity index (χ0n) is 10.5. The fraction of sp³-hybridized carbons (Fsp3) is 0.800. The largest absolute Gasteiger partial charge is 0.468 e.